The lowest BCUT2D eigenvalue weighted by Crippen LogP contribution is -2.42. The van der Waals surface area contributed by atoms with E-state index in [-0.39, 0.29) is 11.2 Å². The van der Waals surface area contributed by atoms with Gasteiger partial charge in [0.15, 0.2) is 5.78 Å². The highest BCUT2D eigenvalue weighted by molar-refractivity contribution is 6.01. The van der Waals surface area contributed by atoms with Crippen molar-refractivity contribution in [3.05, 3.63) is 64.0 Å². The van der Waals surface area contributed by atoms with Crippen LogP contribution in [0.5, 0.6) is 0 Å². The van der Waals surface area contributed by atoms with Crippen LogP contribution in [0.15, 0.2) is 35.5 Å². The van der Waals surface area contributed by atoms with Gasteiger partial charge in [-0.1, -0.05) is 26.3 Å². The number of H-pyrrole nitrogens is 1. The number of benzene rings is 1. The largest absolute Gasteiger partial charge is 0.294 e. The molecule has 136 valence electrons. The molecule has 0 bridgehead atoms. The molecule has 0 saturated carbocycles. The average Bonchev–Trinajstić information content (AvgIpc) is 2.99. The molecule has 2 aromatic rings. The molecule has 5 heteroatoms. The molecule has 1 N–H and O–H groups in total. The van der Waals surface area contributed by atoms with Crippen molar-refractivity contribution in [2.75, 3.05) is 0 Å². The van der Waals surface area contributed by atoms with Crippen molar-refractivity contribution in [1.82, 2.24) is 10.2 Å². The summed E-state index contributed by atoms with van der Waals surface area (Å²) in [5.74, 6) is -1.18. The third-order valence-corrected chi connectivity index (χ3v) is 5.84. The molecule has 2 aliphatic carbocycles. The summed E-state index contributed by atoms with van der Waals surface area (Å²) in [5.41, 5.74) is 3.10. The van der Waals surface area contributed by atoms with Crippen LogP contribution in [-0.2, 0) is 16.6 Å². The Morgan fingerprint density at radius 1 is 1.15 bits per heavy atom. The molecular formula is C21H22F2N2O. The highest BCUT2D eigenvalue weighted by Gasteiger charge is 2.49. The van der Waals surface area contributed by atoms with Crippen molar-refractivity contribution >= 4 is 5.78 Å². The lowest BCUT2D eigenvalue weighted by Gasteiger charge is -2.45. The number of fused-ring (bicyclic) bond motifs is 1. The van der Waals surface area contributed by atoms with Crippen molar-refractivity contribution in [3.8, 4) is 0 Å². The molecule has 0 fully saturated rings. The van der Waals surface area contributed by atoms with Crippen LogP contribution in [0.1, 0.15) is 56.9 Å². The molecule has 0 aliphatic heterocycles. The number of aromatic amines is 1. The number of aromatic nitrogens is 2. The van der Waals surface area contributed by atoms with E-state index >= 15 is 0 Å². The minimum absolute atomic E-state index is 0.0784. The maximum atomic E-state index is 14.1. The summed E-state index contributed by atoms with van der Waals surface area (Å²) in [6, 6.07) is 3.58. The van der Waals surface area contributed by atoms with Crippen molar-refractivity contribution in [3.63, 3.8) is 0 Å². The van der Waals surface area contributed by atoms with Crippen LogP contribution < -0.4 is 0 Å². The lowest BCUT2D eigenvalue weighted by molar-refractivity contribution is -0.118. The zero-order valence-electron chi connectivity index (χ0n) is 15.2. The van der Waals surface area contributed by atoms with Crippen molar-refractivity contribution in [2.24, 2.45) is 5.41 Å². The number of ketones is 1. The molecule has 3 nitrogen and oxygen atoms in total. The van der Waals surface area contributed by atoms with Gasteiger partial charge in [-0.2, -0.15) is 5.10 Å². The number of carbonyl (C=O) groups is 1. The van der Waals surface area contributed by atoms with Crippen LogP contribution in [-0.4, -0.2) is 16.0 Å². The third-order valence-electron chi connectivity index (χ3n) is 5.84. The molecule has 0 amide bonds. The predicted octanol–water partition coefficient (Wildman–Crippen LogP) is 4.63. The zero-order chi connectivity index (χ0) is 18.7. The van der Waals surface area contributed by atoms with E-state index in [0.717, 1.165) is 34.9 Å². The van der Waals surface area contributed by atoms with E-state index in [1.54, 1.807) is 6.20 Å². The predicted molar refractivity (Wildman–Crippen MR) is 94.8 cm³/mol. The van der Waals surface area contributed by atoms with Gasteiger partial charge >= 0.3 is 0 Å². The van der Waals surface area contributed by atoms with Crippen LogP contribution in [0.4, 0.5) is 8.78 Å². The number of allylic oxidation sites excluding steroid dienone is 2. The topological polar surface area (TPSA) is 45.8 Å². The summed E-state index contributed by atoms with van der Waals surface area (Å²) in [6.45, 7) is 6.14. The second-order valence-electron chi connectivity index (χ2n) is 8.28. The summed E-state index contributed by atoms with van der Waals surface area (Å²) in [6.07, 6.45) is 4.12. The number of nitrogens with one attached hydrogen (secondary N) is 1. The molecule has 0 unspecified atom stereocenters. The summed E-state index contributed by atoms with van der Waals surface area (Å²) < 4.78 is 28.1. The minimum Gasteiger partial charge on any atom is -0.294 e. The Bertz CT molecular complexity index is 921. The van der Waals surface area contributed by atoms with Gasteiger partial charge in [0.05, 0.1) is 11.6 Å². The van der Waals surface area contributed by atoms with Gasteiger partial charge in [0.2, 0.25) is 0 Å². The molecule has 0 spiro atoms. The quantitative estimate of drug-likeness (QED) is 0.853. The normalized spacial score (nSPS) is 24.4. The standard InChI is InChI=1S/C21H22F2N2O/c1-4-21(13-6-14(22)8-15(23)7-13)16-11-24-25-17(16)5-12-9-20(2,3)10-18(26)19(12)21/h6-8,11H,4-5,9-10H2,1-3H3,(H,24,25)/t21-/m1/s1. The summed E-state index contributed by atoms with van der Waals surface area (Å²) >= 11 is 0. The third kappa shape index (κ3) is 2.37. The van der Waals surface area contributed by atoms with Crippen LogP contribution in [0.25, 0.3) is 0 Å². The van der Waals surface area contributed by atoms with E-state index in [0.29, 0.717) is 24.8 Å². The van der Waals surface area contributed by atoms with Crippen LogP contribution >= 0.6 is 0 Å². The first-order chi connectivity index (χ1) is 12.3. The zero-order valence-corrected chi connectivity index (χ0v) is 15.2. The van der Waals surface area contributed by atoms with Gasteiger partial charge in [0.25, 0.3) is 0 Å². The average molecular weight is 356 g/mol. The fourth-order valence-electron chi connectivity index (χ4n) is 4.97. The number of rotatable bonds is 2. The van der Waals surface area contributed by atoms with Gasteiger partial charge in [0, 0.05) is 35.7 Å². The second kappa shape index (κ2) is 5.60. The van der Waals surface area contributed by atoms with E-state index in [1.165, 1.54) is 12.1 Å². The van der Waals surface area contributed by atoms with E-state index in [2.05, 4.69) is 24.0 Å². The Morgan fingerprint density at radius 2 is 1.85 bits per heavy atom. The SMILES string of the molecule is CC[C@]1(c2cc(F)cc(F)c2)C2=C(Cc3[nH]ncc31)CC(C)(C)CC2=O. The fraction of sp³-hybridized carbons (Fsp3) is 0.429. The van der Waals surface area contributed by atoms with Gasteiger partial charge in [-0.05, 0) is 36.0 Å². The molecular weight excluding hydrogens is 334 g/mol. The molecule has 1 atom stereocenters. The van der Waals surface area contributed by atoms with E-state index in [4.69, 9.17) is 0 Å². The maximum absolute atomic E-state index is 14.1. The van der Waals surface area contributed by atoms with Crippen molar-refractivity contribution < 1.29 is 13.6 Å². The first-order valence-electron chi connectivity index (χ1n) is 9.02. The van der Waals surface area contributed by atoms with E-state index < -0.39 is 17.0 Å². The summed E-state index contributed by atoms with van der Waals surface area (Å²) in [7, 11) is 0. The Hall–Kier alpha value is -2.30. The number of Topliss-reactive ketones (excluding diaryl/α,β-unsaturated/α-hetero) is 1. The van der Waals surface area contributed by atoms with Crippen molar-refractivity contribution in [1.29, 1.82) is 0 Å². The van der Waals surface area contributed by atoms with Gasteiger partial charge in [-0.15, -0.1) is 0 Å². The van der Waals surface area contributed by atoms with E-state index in [9.17, 15) is 13.6 Å². The number of hydrogen-bond donors (Lipinski definition) is 1. The number of nitrogens with zero attached hydrogens (tertiary/aromatic N) is 1. The second-order valence-corrected chi connectivity index (χ2v) is 8.28. The molecule has 1 aromatic heterocycles. The molecule has 2 aliphatic rings. The van der Waals surface area contributed by atoms with Crippen LogP contribution in [0.2, 0.25) is 0 Å². The first kappa shape index (κ1) is 17.1. The molecule has 26 heavy (non-hydrogen) atoms. The monoisotopic (exact) mass is 356 g/mol. The Kier molecular flexibility index (Phi) is 3.69. The maximum Gasteiger partial charge on any atom is 0.160 e. The van der Waals surface area contributed by atoms with Gasteiger partial charge in [-0.3, -0.25) is 9.89 Å². The van der Waals surface area contributed by atoms with Gasteiger partial charge in [0.1, 0.15) is 11.6 Å². The summed E-state index contributed by atoms with van der Waals surface area (Å²) in [5, 5.41) is 7.22. The molecule has 1 aromatic carbocycles. The Balaban J connectivity index is 2.05. The smallest absolute Gasteiger partial charge is 0.160 e. The summed E-state index contributed by atoms with van der Waals surface area (Å²) in [4.78, 5) is 13.2. The minimum atomic E-state index is -0.855. The van der Waals surface area contributed by atoms with Crippen LogP contribution in [0, 0.1) is 17.0 Å². The number of carbonyl (C=O) groups excluding carboxylic acids is 1. The van der Waals surface area contributed by atoms with Gasteiger partial charge < -0.3 is 0 Å². The van der Waals surface area contributed by atoms with Crippen LogP contribution in [0.3, 0.4) is 0 Å². The van der Waals surface area contributed by atoms with Crippen molar-refractivity contribution in [2.45, 2.75) is 51.9 Å². The van der Waals surface area contributed by atoms with E-state index in [1.807, 2.05) is 6.92 Å². The molecule has 1 heterocycles. The fourth-order valence-corrected chi connectivity index (χ4v) is 4.97. The number of hydrogen-bond acceptors (Lipinski definition) is 2. The Labute approximate surface area is 151 Å². The molecule has 0 saturated heterocycles. The molecule has 0 radical (unpaired) electrons. The highest BCUT2D eigenvalue weighted by Crippen LogP contribution is 2.53. The molecule has 4 rings (SSSR count). The number of halogens is 2. The first-order valence-corrected chi connectivity index (χ1v) is 9.02. The Morgan fingerprint density at radius 3 is 2.50 bits per heavy atom. The van der Waals surface area contributed by atoms with Gasteiger partial charge in [-0.25, -0.2) is 8.78 Å². The lowest BCUT2D eigenvalue weighted by atomic mass is 9.57. The highest BCUT2D eigenvalue weighted by atomic mass is 19.1.